The van der Waals surface area contributed by atoms with Gasteiger partial charge in [0.15, 0.2) is 11.2 Å². The van der Waals surface area contributed by atoms with Gasteiger partial charge in [0.25, 0.3) is 0 Å². The van der Waals surface area contributed by atoms with Crippen LogP contribution >= 0.6 is 0 Å². The van der Waals surface area contributed by atoms with E-state index in [4.69, 9.17) is 9.47 Å². The molecule has 0 radical (unpaired) electrons. The quantitative estimate of drug-likeness (QED) is 0.180. The highest BCUT2D eigenvalue weighted by Gasteiger charge is 2.50. The Kier molecular flexibility index (Phi) is 7.01. The van der Waals surface area contributed by atoms with Crippen LogP contribution in [0.3, 0.4) is 0 Å². The molecule has 2 atom stereocenters. The summed E-state index contributed by atoms with van der Waals surface area (Å²) < 4.78 is 15.1. The number of ether oxygens (including phenoxy) is 2. The number of fused-ring (bicyclic) bond motifs is 13. The Morgan fingerprint density at radius 2 is 1.26 bits per heavy atom. The molecule has 1 spiro atoms. The first-order valence-electron chi connectivity index (χ1n) is 18.9. The number of aryl methyl sites for hydroxylation is 2. The van der Waals surface area contributed by atoms with Gasteiger partial charge in [0, 0.05) is 57.5 Å². The largest absolute Gasteiger partial charge is 0.473 e. The van der Waals surface area contributed by atoms with E-state index in [0.717, 1.165) is 63.4 Å². The van der Waals surface area contributed by atoms with Gasteiger partial charge in [0.05, 0.1) is 0 Å². The Morgan fingerprint density at radius 1 is 0.566 bits per heavy atom. The fourth-order valence-corrected chi connectivity index (χ4v) is 9.14. The van der Waals surface area contributed by atoms with Crippen molar-refractivity contribution in [2.24, 2.45) is 0 Å². The van der Waals surface area contributed by atoms with E-state index < -0.39 is 11.2 Å². The van der Waals surface area contributed by atoms with Gasteiger partial charge in [0.1, 0.15) is 11.5 Å². The van der Waals surface area contributed by atoms with Crippen LogP contribution < -0.4 is 14.4 Å². The average Bonchev–Trinajstić information content (AvgIpc) is 3.46. The lowest BCUT2D eigenvalue weighted by Gasteiger charge is -2.40. The zero-order chi connectivity index (χ0) is 35.9. The molecule has 53 heavy (non-hydrogen) atoms. The number of hydrogen-bond acceptors (Lipinski definition) is 3. The normalized spacial score (nSPS) is 19.0. The van der Waals surface area contributed by atoms with Crippen molar-refractivity contribution in [3.63, 3.8) is 0 Å². The van der Waals surface area contributed by atoms with E-state index in [9.17, 15) is 0 Å². The van der Waals surface area contributed by atoms with Crippen LogP contribution in [0.4, 0.5) is 5.69 Å². The molecule has 258 valence electrons. The second-order valence-electron chi connectivity index (χ2n) is 14.7. The highest BCUT2D eigenvalue weighted by atomic mass is 16.5. The van der Waals surface area contributed by atoms with E-state index in [1.165, 1.54) is 44.1 Å². The Balaban J connectivity index is 1.25. The van der Waals surface area contributed by atoms with Crippen molar-refractivity contribution in [1.82, 2.24) is 0 Å². The van der Waals surface area contributed by atoms with Crippen molar-refractivity contribution >= 4 is 39.4 Å². The molecule has 2 heterocycles. The molecule has 0 amide bonds. The molecular weight excluding hydrogens is 647 g/mol. The van der Waals surface area contributed by atoms with Crippen LogP contribution in [0.2, 0.25) is 0 Å². The summed E-state index contributed by atoms with van der Waals surface area (Å²) in [5.41, 5.74) is 11.0. The zero-order valence-electron chi connectivity index (χ0n) is 30.6. The summed E-state index contributed by atoms with van der Waals surface area (Å²) in [6.45, 7) is 10.7. The first kappa shape index (κ1) is 31.7. The van der Waals surface area contributed by atoms with Gasteiger partial charge in [-0.1, -0.05) is 120 Å². The molecule has 10 rings (SSSR count). The first-order chi connectivity index (χ1) is 25.9. The summed E-state index contributed by atoms with van der Waals surface area (Å²) >= 11 is 0. The lowest BCUT2D eigenvalue weighted by atomic mass is 9.79. The van der Waals surface area contributed by atoms with Gasteiger partial charge in [-0.25, -0.2) is 0 Å². The Morgan fingerprint density at radius 3 is 2.08 bits per heavy atom. The first-order valence-corrected chi connectivity index (χ1v) is 18.9. The van der Waals surface area contributed by atoms with E-state index >= 15 is 0 Å². The minimum Gasteiger partial charge on any atom is -0.473 e. The number of anilines is 1. The lowest BCUT2D eigenvalue weighted by Crippen LogP contribution is -2.36. The van der Waals surface area contributed by atoms with Gasteiger partial charge in [-0.05, 0) is 97.5 Å². The topological polar surface area (TPSA) is 21.7 Å². The van der Waals surface area contributed by atoms with Crippen LogP contribution in [0.25, 0.3) is 44.8 Å². The van der Waals surface area contributed by atoms with E-state index in [1.807, 2.05) is 0 Å². The molecule has 0 saturated carbocycles. The van der Waals surface area contributed by atoms with E-state index in [-0.39, 0.29) is 0 Å². The number of benzene rings is 7. The molecule has 2 unspecified atom stereocenters. The van der Waals surface area contributed by atoms with E-state index in [2.05, 4.69) is 184 Å². The van der Waals surface area contributed by atoms with Gasteiger partial charge >= 0.3 is 0 Å². The van der Waals surface area contributed by atoms with Crippen LogP contribution in [0.1, 0.15) is 58.4 Å². The van der Waals surface area contributed by atoms with Crippen LogP contribution in [-0.2, 0) is 11.2 Å². The van der Waals surface area contributed by atoms with Crippen molar-refractivity contribution in [1.29, 1.82) is 0 Å². The fourth-order valence-electron chi connectivity index (χ4n) is 9.14. The molecule has 3 aliphatic rings. The Bertz CT molecular complexity index is 2670. The van der Waals surface area contributed by atoms with Gasteiger partial charge in [-0.2, -0.15) is 0 Å². The van der Waals surface area contributed by atoms with Crippen LogP contribution in [-0.4, -0.2) is 13.1 Å². The Labute approximate surface area is 311 Å². The maximum atomic E-state index is 7.64. The van der Waals surface area contributed by atoms with Crippen molar-refractivity contribution in [2.75, 3.05) is 18.0 Å². The molecule has 0 saturated heterocycles. The van der Waals surface area contributed by atoms with Gasteiger partial charge in [0.2, 0.25) is 0 Å². The van der Waals surface area contributed by atoms with Gasteiger partial charge in [-0.3, -0.25) is 0 Å². The summed E-state index contributed by atoms with van der Waals surface area (Å²) in [7, 11) is 0. The predicted octanol–water partition coefficient (Wildman–Crippen LogP) is 12.1. The highest BCUT2D eigenvalue weighted by molar-refractivity contribution is 6.09. The molecule has 1 aliphatic carbocycles. The third kappa shape index (κ3) is 4.53. The molecule has 7 aromatic rings. The van der Waals surface area contributed by atoms with E-state index in [0.29, 0.717) is 0 Å². The van der Waals surface area contributed by atoms with Crippen molar-refractivity contribution < 1.29 is 9.47 Å². The monoisotopic (exact) mass is 687 g/mol. The summed E-state index contributed by atoms with van der Waals surface area (Å²) in [6.07, 6.45) is 9.17. The summed E-state index contributed by atoms with van der Waals surface area (Å²) in [6, 6.07) is 46.1. The lowest BCUT2D eigenvalue weighted by molar-refractivity contribution is 0.154. The molecule has 3 heteroatoms. The fraction of sp³-hybridized carbons (Fsp3) is 0.160. The van der Waals surface area contributed by atoms with Crippen molar-refractivity contribution in [3.05, 3.63) is 184 Å². The molecule has 3 nitrogen and oxygen atoms in total. The molecule has 2 aliphatic heterocycles. The molecule has 0 fully saturated rings. The average molecular weight is 688 g/mol. The molecular formula is C50H41NO2. The standard InChI is InChI=1S/C50H41NO2/c1-5-51(6-2)37-21-19-36(20-22-37)49(35-13-8-7-9-14-35)28-27-42-47-46(40-23-16-32(3)30-43(40)48(42)53-49)41-24-17-33(4)31-44(41)50(47)29-26-39-38-15-11-10-12-34(38)18-25-45(39)52-50/h7-31H,5-6H2,1-4H3. The molecule has 7 aromatic carbocycles. The maximum Gasteiger partial charge on any atom is 0.180 e. The van der Waals surface area contributed by atoms with Crippen molar-refractivity contribution in [2.45, 2.75) is 38.9 Å². The van der Waals surface area contributed by atoms with Crippen LogP contribution in [0.15, 0.2) is 140 Å². The summed E-state index contributed by atoms with van der Waals surface area (Å²) in [4.78, 5) is 2.38. The minimum absolute atomic E-state index is 0.842. The second-order valence-corrected chi connectivity index (χ2v) is 14.7. The molecule has 0 bridgehead atoms. The Hall–Kier alpha value is -6.06. The highest BCUT2D eigenvalue weighted by Crippen LogP contribution is 2.60. The summed E-state index contributed by atoms with van der Waals surface area (Å²) in [5.74, 6) is 1.77. The molecule has 0 aromatic heterocycles. The number of hydrogen-bond donors (Lipinski definition) is 0. The minimum atomic E-state index is -0.846. The molecule has 0 N–H and O–H groups in total. The van der Waals surface area contributed by atoms with Gasteiger partial charge in [-0.15, -0.1) is 0 Å². The smallest absolute Gasteiger partial charge is 0.180 e. The summed E-state index contributed by atoms with van der Waals surface area (Å²) in [5, 5.41) is 4.67. The predicted molar refractivity (Wildman–Crippen MR) is 220 cm³/mol. The maximum absolute atomic E-state index is 7.64. The third-order valence-electron chi connectivity index (χ3n) is 11.7. The van der Waals surface area contributed by atoms with Crippen LogP contribution in [0.5, 0.6) is 11.5 Å². The van der Waals surface area contributed by atoms with Crippen molar-refractivity contribution in [3.8, 4) is 22.6 Å². The van der Waals surface area contributed by atoms with E-state index in [1.54, 1.807) is 0 Å². The zero-order valence-corrected chi connectivity index (χ0v) is 30.6. The third-order valence-corrected chi connectivity index (χ3v) is 11.7. The van der Waals surface area contributed by atoms with Gasteiger partial charge < -0.3 is 14.4 Å². The number of rotatable bonds is 5. The number of nitrogens with zero attached hydrogens (tertiary/aromatic N) is 1. The SMILES string of the molecule is CCN(CC)c1ccc(C2(c3ccccc3)C=Cc3c4c(c5ccc(C)cc5c3O2)-c2ccc(C)cc2C42C=Cc3c(ccc4ccccc34)O2)cc1. The van der Waals surface area contributed by atoms with Crippen LogP contribution in [0, 0.1) is 13.8 Å². The second kappa shape index (κ2) is 11.7.